The fourth-order valence-electron chi connectivity index (χ4n) is 2.29. The molecule has 1 saturated carbocycles. The minimum atomic E-state index is -0.301. The Kier molecular flexibility index (Phi) is 4.82. The topological polar surface area (TPSA) is 49.3 Å². The summed E-state index contributed by atoms with van der Waals surface area (Å²) in [6, 6.07) is 4.51. The molecule has 1 aliphatic carbocycles. The minimum absolute atomic E-state index is 0.110. The maximum atomic E-state index is 13.4. The first-order valence-corrected chi connectivity index (χ1v) is 7.65. The molecule has 2 N–H and O–H groups in total. The number of aliphatic hydroxyl groups is 1. The van der Waals surface area contributed by atoms with Gasteiger partial charge in [0.15, 0.2) is 0 Å². The zero-order chi connectivity index (χ0) is 13.8. The predicted octanol–water partition coefficient (Wildman–Crippen LogP) is 2.58. The Balaban J connectivity index is 2.00. The molecule has 0 radical (unpaired) electrons. The van der Waals surface area contributed by atoms with Crippen LogP contribution in [0.2, 0.25) is 0 Å². The van der Waals surface area contributed by atoms with E-state index in [-0.39, 0.29) is 23.9 Å². The van der Waals surface area contributed by atoms with Gasteiger partial charge in [-0.1, -0.05) is 0 Å². The van der Waals surface area contributed by atoms with E-state index in [1.54, 1.807) is 12.3 Å². The molecular formula is C14H18FNO2S. The van der Waals surface area contributed by atoms with Crippen molar-refractivity contribution in [2.45, 2.75) is 42.7 Å². The van der Waals surface area contributed by atoms with Crippen LogP contribution in [0.15, 0.2) is 23.1 Å². The summed E-state index contributed by atoms with van der Waals surface area (Å²) in [5, 5.41) is 12.4. The lowest BCUT2D eigenvalue weighted by Crippen LogP contribution is -2.38. The Bertz CT molecular complexity index is 459. The third-order valence-corrected chi connectivity index (χ3v) is 4.20. The zero-order valence-electron chi connectivity index (χ0n) is 10.9. The Labute approximate surface area is 116 Å². The van der Waals surface area contributed by atoms with Crippen molar-refractivity contribution < 1.29 is 14.3 Å². The first kappa shape index (κ1) is 14.3. The van der Waals surface area contributed by atoms with Crippen LogP contribution in [-0.4, -0.2) is 29.4 Å². The van der Waals surface area contributed by atoms with Crippen molar-refractivity contribution in [1.29, 1.82) is 0 Å². The second kappa shape index (κ2) is 6.39. The molecule has 1 aromatic carbocycles. The molecule has 0 bridgehead atoms. The van der Waals surface area contributed by atoms with Crippen LogP contribution in [0, 0.1) is 5.82 Å². The van der Waals surface area contributed by atoms with Gasteiger partial charge in [0.2, 0.25) is 0 Å². The maximum absolute atomic E-state index is 13.4. The molecule has 0 atom stereocenters. The van der Waals surface area contributed by atoms with Crippen LogP contribution in [0.3, 0.4) is 0 Å². The predicted molar refractivity (Wildman–Crippen MR) is 73.9 cm³/mol. The van der Waals surface area contributed by atoms with Gasteiger partial charge in [0, 0.05) is 16.5 Å². The minimum Gasteiger partial charge on any atom is -0.393 e. The molecule has 1 amide bonds. The molecule has 0 aromatic heterocycles. The van der Waals surface area contributed by atoms with Crippen LogP contribution in [0.4, 0.5) is 4.39 Å². The molecule has 2 rings (SSSR count). The van der Waals surface area contributed by atoms with Gasteiger partial charge in [0.1, 0.15) is 5.82 Å². The Morgan fingerprint density at radius 1 is 1.37 bits per heavy atom. The average Bonchev–Trinajstić information content (AvgIpc) is 2.42. The second-order valence-corrected chi connectivity index (χ2v) is 5.68. The first-order chi connectivity index (χ1) is 9.10. The first-order valence-electron chi connectivity index (χ1n) is 6.42. The van der Waals surface area contributed by atoms with E-state index in [1.165, 1.54) is 23.9 Å². The SMILES string of the molecule is CSc1cc(C(=O)NC2CCC(O)CC2)ccc1F. The van der Waals surface area contributed by atoms with E-state index in [2.05, 4.69) is 5.32 Å². The number of aliphatic hydroxyl groups excluding tert-OH is 1. The van der Waals surface area contributed by atoms with Gasteiger partial charge in [-0.3, -0.25) is 4.79 Å². The fourth-order valence-corrected chi connectivity index (χ4v) is 2.80. The van der Waals surface area contributed by atoms with Crippen molar-refractivity contribution in [3.8, 4) is 0 Å². The van der Waals surface area contributed by atoms with E-state index in [9.17, 15) is 14.3 Å². The summed E-state index contributed by atoms with van der Waals surface area (Å²) < 4.78 is 13.4. The van der Waals surface area contributed by atoms with Gasteiger partial charge in [-0.25, -0.2) is 4.39 Å². The second-order valence-electron chi connectivity index (χ2n) is 4.83. The number of hydrogen-bond donors (Lipinski definition) is 2. The number of thioether (sulfide) groups is 1. The molecule has 0 unspecified atom stereocenters. The highest BCUT2D eigenvalue weighted by atomic mass is 32.2. The maximum Gasteiger partial charge on any atom is 0.251 e. The molecule has 5 heteroatoms. The number of amides is 1. The van der Waals surface area contributed by atoms with Gasteiger partial charge in [0.25, 0.3) is 5.91 Å². The molecule has 3 nitrogen and oxygen atoms in total. The summed E-state index contributed by atoms with van der Waals surface area (Å²) in [5.41, 5.74) is 0.483. The van der Waals surface area contributed by atoms with E-state index >= 15 is 0 Å². The Morgan fingerprint density at radius 3 is 2.68 bits per heavy atom. The standard InChI is InChI=1S/C14H18FNO2S/c1-19-13-8-9(2-7-12(13)15)14(18)16-10-3-5-11(17)6-4-10/h2,7-8,10-11,17H,3-6H2,1H3,(H,16,18). The molecule has 104 valence electrons. The monoisotopic (exact) mass is 283 g/mol. The molecule has 0 saturated heterocycles. The lowest BCUT2D eigenvalue weighted by Gasteiger charge is -2.26. The van der Waals surface area contributed by atoms with Crippen molar-refractivity contribution in [3.05, 3.63) is 29.6 Å². The van der Waals surface area contributed by atoms with Gasteiger partial charge in [-0.05, 0) is 50.1 Å². The largest absolute Gasteiger partial charge is 0.393 e. The van der Waals surface area contributed by atoms with E-state index in [0.29, 0.717) is 10.5 Å². The van der Waals surface area contributed by atoms with Crippen molar-refractivity contribution in [2.24, 2.45) is 0 Å². The molecular weight excluding hydrogens is 265 g/mol. The van der Waals surface area contributed by atoms with Crippen LogP contribution in [-0.2, 0) is 0 Å². The molecule has 0 aliphatic heterocycles. The summed E-state index contributed by atoms with van der Waals surface area (Å²) >= 11 is 1.29. The van der Waals surface area contributed by atoms with Crippen LogP contribution >= 0.6 is 11.8 Å². The summed E-state index contributed by atoms with van der Waals surface area (Å²) in [6.07, 6.45) is 4.59. The summed E-state index contributed by atoms with van der Waals surface area (Å²) in [7, 11) is 0. The lowest BCUT2D eigenvalue weighted by atomic mass is 9.93. The van der Waals surface area contributed by atoms with Crippen molar-refractivity contribution in [3.63, 3.8) is 0 Å². The van der Waals surface area contributed by atoms with Crippen molar-refractivity contribution >= 4 is 17.7 Å². The normalized spacial score (nSPS) is 23.1. The van der Waals surface area contributed by atoms with Crippen LogP contribution in [0.1, 0.15) is 36.0 Å². The molecule has 0 spiro atoms. The Morgan fingerprint density at radius 2 is 2.05 bits per heavy atom. The van der Waals surface area contributed by atoms with E-state index in [1.807, 2.05) is 0 Å². The smallest absolute Gasteiger partial charge is 0.251 e. The number of benzene rings is 1. The number of nitrogens with one attached hydrogen (secondary N) is 1. The molecule has 1 aliphatic rings. The molecule has 19 heavy (non-hydrogen) atoms. The summed E-state index contributed by atoms with van der Waals surface area (Å²) in [4.78, 5) is 12.5. The van der Waals surface area contributed by atoms with Gasteiger partial charge >= 0.3 is 0 Å². The van der Waals surface area contributed by atoms with Crippen LogP contribution in [0.25, 0.3) is 0 Å². The van der Waals surface area contributed by atoms with E-state index < -0.39 is 0 Å². The van der Waals surface area contributed by atoms with Crippen LogP contribution in [0.5, 0.6) is 0 Å². The van der Waals surface area contributed by atoms with Crippen molar-refractivity contribution in [1.82, 2.24) is 5.32 Å². The number of carbonyl (C=O) groups is 1. The third kappa shape index (κ3) is 3.70. The summed E-state index contributed by atoms with van der Waals surface area (Å²) in [5.74, 6) is -0.471. The number of halogens is 1. The number of hydrogen-bond acceptors (Lipinski definition) is 3. The molecule has 0 heterocycles. The quantitative estimate of drug-likeness (QED) is 0.838. The van der Waals surface area contributed by atoms with Crippen molar-refractivity contribution in [2.75, 3.05) is 6.26 Å². The molecule has 1 fully saturated rings. The summed E-state index contributed by atoms with van der Waals surface area (Å²) in [6.45, 7) is 0. The van der Waals surface area contributed by atoms with Crippen LogP contribution < -0.4 is 5.32 Å². The number of rotatable bonds is 3. The Hall–Kier alpha value is -1.07. The van der Waals surface area contributed by atoms with Gasteiger partial charge in [-0.15, -0.1) is 11.8 Å². The zero-order valence-corrected chi connectivity index (χ0v) is 11.7. The highest BCUT2D eigenvalue weighted by Gasteiger charge is 2.21. The van der Waals surface area contributed by atoms with Gasteiger partial charge < -0.3 is 10.4 Å². The van der Waals surface area contributed by atoms with Gasteiger partial charge in [-0.2, -0.15) is 0 Å². The highest BCUT2D eigenvalue weighted by Crippen LogP contribution is 2.22. The lowest BCUT2D eigenvalue weighted by molar-refractivity contribution is 0.0867. The number of carbonyl (C=O) groups excluding carboxylic acids is 1. The van der Waals surface area contributed by atoms with E-state index in [4.69, 9.17) is 0 Å². The van der Waals surface area contributed by atoms with Gasteiger partial charge in [0.05, 0.1) is 6.10 Å². The van der Waals surface area contributed by atoms with E-state index in [0.717, 1.165) is 25.7 Å². The third-order valence-electron chi connectivity index (χ3n) is 3.45. The highest BCUT2D eigenvalue weighted by molar-refractivity contribution is 7.98. The fraction of sp³-hybridized carbons (Fsp3) is 0.500. The molecule has 1 aromatic rings. The average molecular weight is 283 g/mol.